The van der Waals surface area contributed by atoms with Crippen molar-refractivity contribution in [2.75, 3.05) is 45.9 Å². The van der Waals surface area contributed by atoms with Crippen LogP contribution in [0, 0.1) is 19.8 Å². The van der Waals surface area contributed by atoms with Gasteiger partial charge < -0.3 is 15.0 Å². The number of carbonyl (C=O) groups excluding carboxylic acids is 1. The standard InChI is InChI=1S/C18H31N5O2/c1-13(12-22-7-9-25-10-8-22)11-19-18(24)23-6-4-5-16(23)17-14(2)20-21-15(17)3/h13,16H,4-12H2,1-3H3,(H,19,24)(H,20,21)/t13-,16+/m0/s1. The Morgan fingerprint density at radius 1 is 1.36 bits per heavy atom. The lowest BCUT2D eigenvalue weighted by Crippen LogP contribution is -2.44. The number of nitrogens with one attached hydrogen (secondary N) is 2. The first-order valence-electron chi connectivity index (χ1n) is 9.42. The highest BCUT2D eigenvalue weighted by Crippen LogP contribution is 2.34. The van der Waals surface area contributed by atoms with Gasteiger partial charge in [0.15, 0.2) is 0 Å². The molecule has 1 aromatic rings. The molecule has 0 spiro atoms. The normalized spacial score (nSPS) is 23.0. The molecular formula is C18H31N5O2. The third-order valence-electron chi connectivity index (χ3n) is 5.31. The van der Waals surface area contributed by atoms with E-state index in [1.54, 1.807) is 0 Å². The van der Waals surface area contributed by atoms with Crippen LogP contribution in [0.2, 0.25) is 0 Å². The average molecular weight is 349 g/mol. The van der Waals surface area contributed by atoms with Crippen molar-refractivity contribution in [3.8, 4) is 0 Å². The lowest BCUT2D eigenvalue weighted by atomic mass is 10.0. The molecule has 7 heteroatoms. The molecule has 140 valence electrons. The maximum absolute atomic E-state index is 12.7. The Morgan fingerprint density at radius 2 is 2.12 bits per heavy atom. The maximum Gasteiger partial charge on any atom is 0.317 e. The number of morpholine rings is 1. The number of nitrogens with zero attached hydrogens (tertiary/aromatic N) is 3. The van der Waals surface area contributed by atoms with E-state index in [1.807, 2.05) is 18.7 Å². The highest BCUT2D eigenvalue weighted by atomic mass is 16.5. The summed E-state index contributed by atoms with van der Waals surface area (Å²) in [6.45, 7) is 12.4. The van der Waals surface area contributed by atoms with Crippen molar-refractivity contribution in [1.29, 1.82) is 0 Å². The molecule has 2 aliphatic rings. The summed E-state index contributed by atoms with van der Waals surface area (Å²) in [5.74, 6) is 0.431. The molecule has 1 aromatic heterocycles. The van der Waals surface area contributed by atoms with Gasteiger partial charge in [-0.3, -0.25) is 10.00 Å². The number of amides is 2. The Labute approximate surface area is 150 Å². The number of rotatable bonds is 5. The molecule has 2 fully saturated rings. The Bertz CT molecular complexity index is 563. The Kier molecular flexibility index (Phi) is 5.96. The first kappa shape index (κ1) is 18.2. The number of urea groups is 1. The van der Waals surface area contributed by atoms with Crippen LogP contribution in [0.5, 0.6) is 0 Å². The number of carbonyl (C=O) groups is 1. The second-order valence-electron chi connectivity index (χ2n) is 7.40. The maximum atomic E-state index is 12.7. The van der Waals surface area contributed by atoms with Gasteiger partial charge in [0, 0.05) is 44.0 Å². The first-order valence-corrected chi connectivity index (χ1v) is 9.42. The average Bonchev–Trinajstić information content (AvgIpc) is 3.20. The van der Waals surface area contributed by atoms with Gasteiger partial charge in [-0.1, -0.05) is 6.92 Å². The number of H-pyrrole nitrogens is 1. The minimum absolute atomic E-state index is 0.0522. The number of ether oxygens (including phenoxy) is 1. The van der Waals surface area contributed by atoms with Crippen molar-refractivity contribution in [2.45, 2.75) is 39.7 Å². The van der Waals surface area contributed by atoms with Crippen molar-refractivity contribution in [1.82, 2.24) is 25.3 Å². The molecular weight excluding hydrogens is 318 g/mol. The van der Waals surface area contributed by atoms with Crippen LogP contribution in [0.3, 0.4) is 0 Å². The highest BCUT2D eigenvalue weighted by Gasteiger charge is 2.33. The van der Waals surface area contributed by atoms with E-state index in [1.165, 1.54) is 5.56 Å². The van der Waals surface area contributed by atoms with E-state index < -0.39 is 0 Å². The molecule has 3 rings (SSSR count). The van der Waals surface area contributed by atoms with E-state index in [-0.39, 0.29) is 12.1 Å². The SMILES string of the molecule is Cc1n[nH]c(C)c1[C@H]1CCCN1C(=O)NC[C@H](C)CN1CCOCC1. The number of aryl methyl sites for hydroxylation is 2. The third-order valence-corrected chi connectivity index (χ3v) is 5.31. The summed E-state index contributed by atoms with van der Waals surface area (Å²) in [6, 6.07) is 0.199. The molecule has 0 unspecified atom stereocenters. The van der Waals surface area contributed by atoms with Crippen LogP contribution in [0.4, 0.5) is 4.79 Å². The second kappa shape index (κ2) is 8.19. The van der Waals surface area contributed by atoms with Crippen LogP contribution < -0.4 is 5.32 Å². The fraction of sp³-hybridized carbons (Fsp3) is 0.778. The first-order chi connectivity index (χ1) is 12.1. The van der Waals surface area contributed by atoms with Crippen molar-refractivity contribution in [2.24, 2.45) is 5.92 Å². The molecule has 2 saturated heterocycles. The van der Waals surface area contributed by atoms with Gasteiger partial charge in [0.05, 0.1) is 24.9 Å². The minimum Gasteiger partial charge on any atom is -0.379 e. The predicted molar refractivity (Wildman–Crippen MR) is 96.6 cm³/mol. The van der Waals surface area contributed by atoms with Crippen LogP contribution in [-0.4, -0.2) is 72.0 Å². The monoisotopic (exact) mass is 349 g/mol. The van der Waals surface area contributed by atoms with Gasteiger partial charge in [0.1, 0.15) is 0 Å². The largest absolute Gasteiger partial charge is 0.379 e. The van der Waals surface area contributed by atoms with Crippen LogP contribution in [0.1, 0.15) is 42.8 Å². The molecule has 25 heavy (non-hydrogen) atoms. The van der Waals surface area contributed by atoms with Gasteiger partial charge in [0.2, 0.25) is 0 Å². The molecule has 2 atom stereocenters. The summed E-state index contributed by atoms with van der Waals surface area (Å²) in [5, 5.41) is 10.5. The topological polar surface area (TPSA) is 73.5 Å². The summed E-state index contributed by atoms with van der Waals surface area (Å²) < 4.78 is 5.39. The van der Waals surface area contributed by atoms with E-state index in [0.29, 0.717) is 12.5 Å². The number of aromatic nitrogens is 2. The fourth-order valence-corrected chi connectivity index (χ4v) is 4.01. The van der Waals surface area contributed by atoms with Crippen LogP contribution in [0.25, 0.3) is 0 Å². The number of hydrogen-bond acceptors (Lipinski definition) is 4. The molecule has 2 amide bonds. The summed E-state index contributed by atoms with van der Waals surface area (Å²) in [4.78, 5) is 17.1. The predicted octanol–water partition coefficient (Wildman–Crippen LogP) is 1.84. The van der Waals surface area contributed by atoms with Crippen LogP contribution in [-0.2, 0) is 4.74 Å². The zero-order valence-corrected chi connectivity index (χ0v) is 15.7. The molecule has 0 aliphatic carbocycles. The Hall–Kier alpha value is -1.60. The lowest BCUT2D eigenvalue weighted by Gasteiger charge is -2.30. The highest BCUT2D eigenvalue weighted by molar-refractivity contribution is 5.75. The van der Waals surface area contributed by atoms with Gasteiger partial charge in [-0.2, -0.15) is 5.10 Å². The second-order valence-corrected chi connectivity index (χ2v) is 7.40. The van der Waals surface area contributed by atoms with Gasteiger partial charge >= 0.3 is 6.03 Å². The van der Waals surface area contributed by atoms with Crippen molar-refractivity contribution < 1.29 is 9.53 Å². The smallest absolute Gasteiger partial charge is 0.317 e. The summed E-state index contributed by atoms with van der Waals surface area (Å²) in [5.41, 5.74) is 3.26. The van der Waals surface area contributed by atoms with Crippen molar-refractivity contribution in [3.63, 3.8) is 0 Å². The molecule has 0 bridgehead atoms. The zero-order valence-electron chi connectivity index (χ0n) is 15.7. The van der Waals surface area contributed by atoms with Crippen LogP contribution >= 0.6 is 0 Å². The van der Waals surface area contributed by atoms with E-state index in [0.717, 1.165) is 63.6 Å². The van der Waals surface area contributed by atoms with E-state index in [4.69, 9.17) is 4.74 Å². The molecule has 2 N–H and O–H groups in total. The van der Waals surface area contributed by atoms with Gasteiger partial charge in [-0.05, 0) is 32.6 Å². The fourth-order valence-electron chi connectivity index (χ4n) is 4.01. The van der Waals surface area contributed by atoms with Crippen LogP contribution in [0.15, 0.2) is 0 Å². The molecule has 0 aromatic carbocycles. The summed E-state index contributed by atoms with van der Waals surface area (Å²) in [6.07, 6.45) is 2.06. The molecule has 3 heterocycles. The quantitative estimate of drug-likeness (QED) is 0.851. The molecule has 2 aliphatic heterocycles. The molecule has 7 nitrogen and oxygen atoms in total. The number of likely N-dealkylation sites (tertiary alicyclic amines) is 1. The Morgan fingerprint density at radius 3 is 2.80 bits per heavy atom. The van der Waals surface area contributed by atoms with E-state index >= 15 is 0 Å². The Balaban J connectivity index is 1.51. The molecule has 0 radical (unpaired) electrons. The van der Waals surface area contributed by atoms with Crippen molar-refractivity contribution in [3.05, 3.63) is 17.0 Å². The van der Waals surface area contributed by atoms with Gasteiger partial charge in [0.25, 0.3) is 0 Å². The third kappa shape index (κ3) is 4.33. The van der Waals surface area contributed by atoms with E-state index in [2.05, 4.69) is 27.3 Å². The zero-order chi connectivity index (χ0) is 17.8. The number of hydrogen-bond donors (Lipinski definition) is 2. The van der Waals surface area contributed by atoms with Crippen molar-refractivity contribution >= 4 is 6.03 Å². The molecule has 0 saturated carbocycles. The van der Waals surface area contributed by atoms with Gasteiger partial charge in [-0.15, -0.1) is 0 Å². The van der Waals surface area contributed by atoms with E-state index in [9.17, 15) is 4.79 Å². The minimum atomic E-state index is 0.0522. The number of aromatic amines is 1. The van der Waals surface area contributed by atoms with Gasteiger partial charge in [-0.25, -0.2) is 4.79 Å². The summed E-state index contributed by atoms with van der Waals surface area (Å²) in [7, 11) is 0. The lowest BCUT2D eigenvalue weighted by molar-refractivity contribution is 0.0318. The summed E-state index contributed by atoms with van der Waals surface area (Å²) >= 11 is 0.